The number of hydrogen-bond donors (Lipinski definition) is 2. The molecule has 0 aromatic carbocycles. The maximum atomic E-state index is 12.2. The number of carbonyl (C=O) groups excluding carboxylic acids is 2. The summed E-state index contributed by atoms with van der Waals surface area (Å²) in [5.41, 5.74) is 5.49. The predicted molar refractivity (Wildman–Crippen MR) is 92.8 cm³/mol. The van der Waals surface area contributed by atoms with Crippen molar-refractivity contribution < 1.29 is 22.7 Å². The van der Waals surface area contributed by atoms with Gasteiger partial charge in [0.2, 0.25) is 15.9 Å². The van der Waals surface area contributed by atoms with Crippen LogP contribution in [0.2, 0.25) is 0 Å². The number of amides is 2. The number of nitrogens with zero attached hydrogens (tertiary/aromatic N) is 1. The van der Waals surface area contributed by atoms with E-state index in [4.69, 9.17) is 10.5 Å². The third kappa shape index (κ3) is 3.71. The highest BCUT2D eigenvalue weighted by Crippen LogP contribution is 2.44. The second-order valence-electron chi connectivity index (χ2n) is 6.35. The van der Waals surface area contributed by atoms with E-state index >= 15 is 0 Å². The van der Waals surface area contributed by atoms with E-state index in [1.54, 1.807) is 0 Å². The van der Waals surface area contributed by atoms with E-state index < -0.39 is 21.5 Å². The average molecular weight is 387 g/mol. The molecule has 1 saturated heterocycles. The minimum Gasteiger partial charge on any atom is -0.370 e. The lowest BCUT2D eigenvalue weighted by molar-refractivity contribution is -0.117. The molecule has 2 aliphatic heterocycles. The van der Waals surface area contributed by atoms with Gasteiger partial charge in [0.05, 0.1) is 29.9 Å². The quantitative estimate of drug-likeness (QED) is 0.741. The van der Waals surface area contributed by atoms with Crippen molar-refractivity contribution in [3.63, 3.8) is 0 Å². The van der Waals surface area contributed by atoms with Gasteiger partial charge in [-0.15, -0.1) is 11.3 Å². The first-order valence-electron chi connectivity index (χ1n) is 8.00. The molecular formula is C15H21N3O5S2. The van der Waals surface area contributed by atoms with Crippen LogP contribution in [0.5, 0.6) is 0 Å². The van der Waals surface area contributed by atoms with Gasteiger partial charge in [-0.3, -0.25) is 9.59 Å². The first kappa shape index (κ1) is 18.3. The van der Waals surface area contributed by atoms with Gasteiger partial charge in [0.25, 0.3) is 5.91 Å². The van der Waals surface area contributed by atoms with Crippen molar-refractivity contribution in [3.8, 4) is 0 Å². The number of primary amides is 1. The largest absolute Gasteiger partial charge is 0.370 e. The molecule has 1 aromatic heterocycles. The van der Waals surface area contributed by atoms with Gasteiger partial charge < -0.3 is 15.8 Å². The monoisotopic (exact) mass is 387 g/mol. The molecule has 3 rings (SSSR count). The standard InChI is InChI=1S/C15H21N3O5S2/c1-25(21,22)18-5-3-15(4-6-18)10-8-12(14(20)17-9-13(16)19)24-11(10)2-7-23-15/h8H,2-7,9H2,1H3,(H2,16,19)(H,17,20). The number of piperidine rings is 1. The first-order chi connectivity index (χ1) is 11.7. The van der Waals surface area contributed by atoms with E-state index in [0.717, 1.165) is 16.9 Å². The summed E-state index contributed by atoms with van der Waals surface area (Å²) >= 11 is 1.39. The zero-order valence-electron chi connectivity index (χ0n) is 13.9. The molecule has 0 bridgehead atoms. The van der Waals surface area contributed by atoms with Crippen LogP contribution in [0.4, 0.5) is 0 Å². The first-order valence-corrected chi connectivity index (χ1v) is 10.7. The van der Waals surface area contributed by atoms with Crippen LogP contribution in [0.25, 0.3) is 0 Å². The summed E-state index contributed by atoms with van der Waals surface area (Å²) in [4.78, 5) is 24.6. The Kier molecular flexibility index (Phi) is 4.89. The summed E-state index contributed by atoms with van der Waals surface area (Å²) < 4.78 is 31.0. The third-order valence-electron chi connectivity index (χ3n) is 4.65. The molecule has 3 heterocycles. The Bertz CT molecular complexity index is 794. The Morgan fingerprint density at radius 1 is 1.40 bits per heavy atom. The van der Waals surface area contributed by atoms with Crippen LogP contribution in [0.1, 0.15) is 33.0 Å². The Balaban J connectivity index is 1.81. The minimum atomic E-state index is -3.21. The molecule has 2 aliphatic rings. The molecule has 0 unspecified atom stereocenters. The summed E-state index contributed by atoms with van der Waals surface area (Å²) in [5.74, 6) is -0.926. The molecule has 1 spiro atoms. The van der Waals surface area contributed by atoms with Crippen LogP contribution >= 0.6 is 11.3 Å². The predicted octanol–water partition coefficient (Wildman–Crippen LogP) is -0.213. The van der Waals surface area contributed by atoms with Gasteiger partial charge in [0.15, 0.2) is 0 Å². The number of rotatable bonds is 4. The number of fused-ring (bicyclic) bond motifs is 2. The second-order valence-corrected chi connectivity index (χ2v) is 9.47. The molecule has 1 aromatic rings. The van der Waals surface area contributed by atoms with Crippen LogP contribution in [0.3, 0.4) is 0 Å². The molecular weight excluding hydrogens is 366 g/mol. The summed E-state index contributed by atoms with van der Waals surface area (Å²) in [7, 11) is -3.21. The fraction of sp³-hybridized carbons (Fsp3) is 0.600. The number of carbonyl (C=O) groups is 2. The molecule has 2 amide bonds. The lowest BCUT2D eigenvalue weighted by Gasteiger charge is -2.43. The molecule has 25 heavy (non-hydrogen) atoms. The molecule has 0 radical (unpaired) electrons. The maximum absolute atomic E-state index is 12.2. The van der Waals surface area contributed by atoms with Crippen molar-refractivity contribution in [2.24, 2.45) is 5.73 Å². The second kappa shape index (κ2) is 6.67. The molecule has 10 heteroatoms. The highest BCUT2D eigenvalue weighted by Gasteiger charge is 2.43. The normalized spacial score (nSPS) is 20.2. The van der Waals surface area contributed by atoms with Gasteiger partial charge in [0, 0.05) is 24.4 Å². The fourth-order valence-electron chi connectivity index (χ4n) is 3.38. The van der Waals surface area contributed by atoms with Gasteiger partial charge in [-0.2, -0.15) is 0 Å². The number of hydrogen-bond acceptors (Lipinski definition) is 6. The van der Waals surface area contributed by atoms with E-state index in [1.165, 1.54) is 21.9 Å². The van der Waals surface area contributed by atoms with Crippen LogP contribution in [-0.4, -0.2) is 57.0 Å². The van der Waals surface area contributed by atoms with Crippen molar-refractivity contribution in [3.05, 3.63) is 21.4 Å². The Hall–Kier alpha value is -1.49. The molecule has 8 nitrogen and oxygen atoms in total. The zero-order chi connectivity index (χ0) is 18.2. The van der Waals surface area contributed by atoms with Crippen molar-refractivity contribution in [1.29, 1.82) is 0 Å². The Morgan fingerprint density at radius 2 is 2.08 bits per heavy atom. The number of nitrogens with one attached hydrogen (secondary N) is 1. The van der Waals surface area contributed by atoms with Gasteiger partial charge >= 0.3 is 0 Å². The topological polar surface area (TPSA) is 119 Å². The molecule has 0 aliphatic carbocycles. The summed E-state index contributed by atoms with van der Waals surface area (Å²) in [6, 6.07) is 1.81. The molecule has 1 fully saturated rings. The van der Waals surface area contributed by atoms with Crippen molar-refractivity contribution in [2.45, 2.75) is 24.9 Å². The third-order valence-corrected chi connectivity index (χ3v) is 7.15. The van der Waals surface area contributed by atoms with Crippen LogP contribution in [0, 0.1) is 0 Å². The van der Waals surface area contributed by atoms with Gasteiger partial charge in [0.1, 0.15) is 0 Å². The van der Waals surface area contributed by atoms with Crippen LogP contribution < -0.4 is 11.1 Å². The van der Waals surface area contributed by atoms with Crippen molar-refractivity contribution in [1.82, 2.24) is 9.62 Å². The number of thiophene rings is 1. The minimum absolute atomic E-state index is 0.202. The van der Waals surface area contributed by atoms with E-state index in [0.29, 0.717) is 37.4 Å². The van der Waals surface area contributed by atoms with E-state index in [9.17, 15) is 18.0 Å². The van der Waals surface area contributed by atoms with Gasteiger partial charge in [-0.05, 0) is 24.5 Å². The van der Waals surface area contributed by atoms with Crippen LogP contribution in [0.15, 0.2) is 6.07 Å². The van der Waals surface area contributed by atoms with Crippen molar-refractivity contribution in [2.75, 3.05) is 32.5 Å². The molecule has 0 saturated carbocycles. The average Bonchev–Trinajstić information content (AvgIpc) is 2.98. The van der Waals surface area contributed by atoms with E-state index in [2.05, 4.69) is 5.32 Å². The number of nitrogens with two attached hydrogens (primary N) is 1. The summed E-state index contributed by atoms with van der Waals surface area (Å²) in [6.07, 6.45) is 3.06. The fourth-order valence-corrected chi connectivity index (χ4v) is 5.37. The van der Waals surface area contributed by atoms with E-state index in [1.807, 2.05) is 6.07 Å². The molecule has 3 N–H and O–H groups in total. The highest BCUT2D eigenvalue weighted by atomic mass is 32.2. The summed E-state index contributed by atoms with van der Waals surface area (Å²) in [6.45, 7) is 1.15. The van der Waals surface area contributed by atoms with Crippen molar-refractivity contribution >= 4 is 33.2 Å². The van der Waals surface area contributed by atoms with Gasteiger partial charge in [-0.25, -0.2) is 12.7 Å². The zero-order valence-corrected chi connectivity index (χ0v) is 15.5. The van der Waals surface area contributed by atoms with Gasteiger partial charge in [-0.1, -0.05) is 0 Å². The SMILES string of the molecule is CS(=O)(=O)N1CCC2(CC1)OCCc1sc(C(=O)NCC(N)=O)cc12. The maximum Gasteiger partial charge on any atom is 0.261 e. The van der Waals surface area contributed by atoms with Crippen LogP contribution in [-0.2, 0) is 31.6 Å². The highest BCUT2D eigenvalue weighted by molar-refractivity contribution is 7.88. The lowest BCUT2D eigenvalue weighted by Crippen LogP contribution is -2.47. The molecule has 0 atom stereocenters. The molecule has 138 valence electrons. The number of ether oxygens (including phenoxy) is 1. The van der Waals surface area contributed by atoms with E-state index in [-0.39, 0.29) is 12.5 Å². The smallest absolute Gasteiger partial charge is 0.261 e. The Morgan fingerprint density at radius 3 is 2.68 bits per heavy atom. The Labute approximate surface area is 150 Å². The summed E-state index contributed by atoms with van der Waals surface area (Å²) in [5, 5.41) is 2.49. The number of sulfonamides is 1. The lowest BCUT2D eigenvalue weighted by atomic mass is 9.83.